The predicted molar refractivity (Wildman–Crippen MR) is 70.5 cm³/mol. The quantitative estimate of drug-likeness (QED) is 0.708. The number of carbonyl (C=O) groups is 2. The van der Waals surface area contributed by atoms with Gasteiger partial charge in [0.1, 0.15) is 0 Å². The molecule has 0 aromatic carbocycles. The average molecular weight is 270 g/mol. The molecule has 2 amide bonds. The van der Waals surface area contributed by atoms with E-state index < -0.39 is 0 Å². The zero-order chi connectivity index (χ0) is 13.5. The van der Waals surface area contributed by atoms with E-state index in [1.807, 2.05) is 13.8 Å². The van der Waals surface area contributed by atoms with Gasteiger partial charge >= 0.3 is 0 Å². The number of rotatable bonds is 6. The minimum atomic E-state index is -0.298. The van der Waals surface area contributed by atoms with E-state index >= 15 is 0 Å². The Balaban J connectivity index is 2.35. The van der Waals surface area contributed by atoms with Crippen molar-refractivity contribution in [2.45, 2.75) is 19.9 Å². The molecule has 3 N–H and O–H groups in total. The molecular weight excluding hydrogens is 252 g/mol. The highest BCUT2D eigenvalue weighted by molar-refractivity contribution is 7.12. The summed E-state index contributed by atoms with van der Waals surface area (Å²) in [7, 11) is 0. The van der Waals surface area contributed by atoms with Gasteiger partial charge in [-0.05, 0) is 17.4 Å². The largest absolute Gasteiger partial charge is 0.394 e. The molecule has 5 nitrogen and oxygen atoms in total. The van der Waals surface area contributed by atoms with Gasteiger partial charge in [-0.2, -0.15) is 0 Å². The fourth-order valence-electron chi connectivity index (χ4n) is 1.34. The number of aliphatic hydroxyl groups excluding tert-OH is 1. The van der Waals surface area contributed by atoms with Crippen molar-refractivity contribution in [3.8, 4) is 0 Å². The third-order valence-electron chi connectivity index (χ3n) is 2.50. The van der Waals surface area contributed by atoms with Gasteiger partial charge in [0.15, 0.2) is 0 Å². The maximum Gasteiger partial charge on any atom is 0.261 e. The van der Waals surface area contributed by atoms with Crippen LogP contribution >= 0.6 is 11.3 Å². The molecule has 0 saturated carbocycles. The number of carbonyl (C=O) groups excluding carboxylic acids is 2. The summed E-state index contributed by atoms with van der Waals surface area (Å²) in [5, 5.41) is 16.1. The number of hydrogen-bond acceptors (Lipinski definition) is 4. The minimum Gasteiger partial charge on any atom is -0.394 e. The van der Waals surface area contributed by atoms with E-state index in [1.165, 1.54) is 11.3 Å². The van der Waals surface area contributed by atoms with Crippen molar-refractivity contribution in [1.29, 1.82) is 0 Å². The first-order chi connectivity index (χ1) is 8.54. The van der Waals surface area contributed by atoms with Crippen molar-refractivity contribution in [3.63, 3.8) is 0 Å². The minimum absolute atomic E-state index is 0.0834. The molecule has 0 saturated heterocycles. The Morgan fingerprint density at radius 2 is 2.17 bits per heavy atom. The lowest BCUT2D eigenvalue weighted by atomic mass is 10.1. The summed E-state index contributed by atoms with van der Waals surface area (Å²) in [5.74, 6) is -0.412. The molecule has 0 bridgehead atoms. The Bertz CT molecular complexity index is 390. The SMILES string of the molecule is CC(C)C(CO)NC(=O)CNC(=O)c1cccs1. The van der Waals surface area contributed by atoms with E-state index in [9.17, 15) is 9.59 Å². The van der Waals surface area contributed by atoms with Gasteiger partial charge in [0.05, 0.1) is 24.1 Å². The number of aliphatic hydroxyl groups is 1. The fraction of sp³-hybridized carbons (Fsp3) is 0.500. The van der Waals surface area contributed by atoms with Crippen LogP contribution in [0, 0.1) is 5.92 Å². The highest BCUT2D eigenvalue weighted by atomic mass is 32.1. The molecule has 0 aliphatic heterocycles. The molecule has 0 aliphatic carbocycles. The smallest absolute Gasteiger partial charge is 0.261 e. The maximum atomic E-state index is 11.6. The average Bonchev–Trinajstić information content (AvgIpc) is 2.86. The number of thiophene rings is 1. The van der Waals surface area contributed by atoms with E-state index in [0.717, 1.165) is 0 Å². The number of nitrogens with one attached hydrogen (secondary N) is 2. The van der Waals surface area contributed by atoms with Crippen molar-refractivity contribution in [3.05, 3.63) is 22.4 Å². The zero-order valence-corrected chi connectivity index (χ0v) is 11.3. The molecule has 1 heterocycles. The van der Waals surface area contributed by atoms with Crippen LogP contribution in [0.3, 0.4) is 0 Å². The Morgan fingerprint density at radius 1 is 1.44 bits per heavy atom. The predicted octanol–water partition coefficient (Wildman–Crippen LogP) is 0.611. The first-order valence-electron chi connectivity index (χ1n) is 5.76. The van der Waals surface area contributed by atoms with Crippen LogP contribution in [0.25, 0.3) is 0 Å². The number of amides is 2. The molecule has 1 rings (SSSR count). The van der Waals surface area contributed by atoms with Crippen LogP contribution in [0.2, 0.25) is 0 Å². The van der Waals surface area contributed by atoms with E-state index in [0.29, 0.717) is 4.88 Å². The lowest BCUT2D eigenvalue weighted by Gasteiger charge is -2.19. The lowest BCUT2D eigenvalue weighted by Crippen LogP contribution is -2.45. The molecule has 1 aromatic rings. The molecule has 100 valence electrons. The van der Waals surface area contributed by atoms with E-state index in [-0.39, 0.29) is 36.9 Å². The summed E-state index contributed by atoms with van der Waals surface area (Å²) >= 11 is 1.32. The van der Waals surface area contributed by atoms with E-state index in [1.54, 1.807) is 17.5 Å². The van der Waals surface area contributed by atoms with Gasteiger partial charge in [0.25, 0.3) is 5.91 Å². The standard InChI is InChI=1S/C12H18N2O3S/c1-8(2)9(7-15)14-11(16)6-13-12(17)10-4-3-5-18-10/h3-5,8-9,15H,6-7H2,1-2H3,(H,13,17)(H,14,16). The Kier molecular flexibility index (Phi) is 5.80. The Morgan fingerprint density at radius 3 is 2.67 bits per heavy atom. The van der Waals surface area contributed by atoms with Gasteiger partial charge in [-0.15, -0.1) is 11.3 Å². The van der Waals surface area contributed by atoms with Crippen LogP contribution in [0.5, 0.6) is 0 Å². The van der Waals surface area contributed by atoms with Crippen molar-refractivity contribution in [1.82, 2.24) is 10.6 Å². The molecule has 1 atom stereocenters. The zero-order valence-electron chi connectivity index (χ0n) is 10.5. The van der Waals surface area contributed by atoms with Crippen molar-refractivity contribution >= 4 is 23.2 Å². The second-order valence-corrected chi connectivity index (χ2v) is 5.21. The normalized spacial score (nSPS) is 12.2. The van der Waals surface area contributed by atoms with Crippen LogP contribution in [0.1, 0.15) is 23.5 Å². The second-order valence-electron chi connectivity index (χ2n) is 4.26. The molecular formula is C12H18N2O3S. The van der Waals surface area contributed by atoms with Crippen LogP contribution in [0.15, 0.2) is 17.5 Å². The molecule has 0 fully saturated rings. The number of hydrogen-bond donors (Lipinski definition) is 3. The second kappa shape index (κ2) is 7.13. The monoisotopic (exact) mass is 270 g/mol. The van der Waals surface area contributed by atoms with Crippen molar-refractivity contribution in [2.75, 3.05) is 13.2 Å². The van der Waals surface area contributed by atoms with Gasteiger partial charge in [-0.25, -0.2) is 0 Å². The third kappa shape index (κ3) is 4.46. The molecule has 6 heteroatoms. The first kappa shape index (κ1) is 14.7. The molecule has 0 aliphatic rings. The maximum absolute atomic E-state index is 11.6. The van der Waals surface area contributed by atoms with Crippen LogP contribution < -0.4 is 10.6 Å². The van der Waals surface area contributed by atoms with Gasteiger partial charge < -0.3 is 15.7 Å². The summed E-state index contributed by atoms with van der Waals surface area (Å²) in [6.45, 7) is 3.62. The van der Waals surface area contributed by atoms with E-state index in [2.05, 4.69) is 10.6 Å². The van der Waals surface area contributed by atoms with Gasteiger partial charge in [0.2, 0.25) is 5.91 Å². The van der Waals surface area contributed by atoms with Crippen LogP contribution in [-0.2, 0) is 4.79 Å². The van der Waals surface area contributed by atoms with Crippen LogP contribution in [0.4, 0.5) is 0 Å². The highest BCUT2D eigenvalue weighted by Gasteiger charge is 2.15. The van der Waals surface area contributed by atoms with E-state index in [4.69, 9.17) is 5.11 Å². The summed E-state index contributed by atoms with van der Waals surface area (Å²) in [6, 6.07) is 3.19. The third-order valence-corrected chi connectivity index (χ3v) is 3.37. The van der Waals surface area contributed by atoms with Crippen molar-refractivity contribution < 1.29 is 14.7 Å². The molecule has 1 aromatic heterocycles. The molecule has 0 spiro atoms. The topological polar surface area (TPSA) is 78.4 Å². The van der Waals surface area contributed by atoms with Crippen molar-refractivity contribution in [2.24, 2.45) is 5.92 Å². The molecule has 0 radical (unpaired) electrons. The molecule has 18 heavy (non-hydrogen) atoms. The van der Waals surface area contributed by atoms with Gasteiger partial charge in [-0.3, -0.25) is 9.59 Å². The summed E-state index contributed by atoms with van der Waals surface area (Å²) in [5.41, 5.74) is 0. The summed E-state index contributed by atoms with van der Waals surface area (Å²) in [4.78, 5) is 23.7. The Hall–Kier alpha value is -1.40. The fourth-order valence-corrected chi connectivity index (χ4v) is 1.98. The summed E-state index contributed by atoms with van der Waals surface area (Å²) < 4.78 is 0. The van der Waals surface area contributed by atoms with Gasteiger partial charge in [-0.1, -0.05) is 19.9 Å². The van der Waals surface area contributed by atoms with Crippen LogP contribution in [-0.4, -0.2) is 36.1 Å². The Labute approximate surface area is 110 Å². The summed E-state index contributed by atoms with van der Waals surface area (Å²) in [6.07, 6.45) is 0. The highest BCUT2D eigenvalue weighted by Crippen LogP contribution is 2.07. The first-order valence-corrected chi connectivity index (χ1v) is 6.64. The molecule has 1 unspecified atom stereocenters. The van der Waals surface area contributed by atoms with Gasteiger partial charge in [0, 0.05) is 0 Å². The lowest BCUT2D eigenvalue weighted by molar-refractivity contribution is -0.121.